The van der Waals surface area contributed by atoms with Gasteiger partial charge in [-0.3, -0.25) is 4.79 Å². The van der Waals surface area contributed by atoms with Crippen molar-refractivity contribution in [1.82, 2.24) is 10.2 Å². The van der Waals surface area contributed by atoms with Crippen LogP contribution in [0.2, 0.25) is 0 Å². The molecule has 3 rings (SSSR count). The standard InChI is InChI=1S/C13H22N2O2/c16-12(8-14-7-11-1-2-11)15-5-3-13(9-15)4-6-17-10-13/h11,14H,1-10H2. The van der Waals surface area contributed by atoms with Gasteiger partial charge >= 0.3 is 0 Å². The molecule has 2 heterocycles. The molecule has 1 atom stereocenters. The highest BCUT2D eigenvalue weighted by atomic mass is 16.5. The molecule has 3 aliphatic rings. The summed E-state index contributed by atoms with van der Waals surface area (Å²) in [5.41, 5.74) is 0.298. The summed E-state index contributed by atoms with van der Waals surface area (Å²) < 4.78 is 5.48. The van der Waals surface area contributed by atoms with Crippen molar-refractivity contribution in [1.29, 1.82) is 0 Å². The molecule has 3 fully saturated rings. The monoisotopic (exact) mass is 238 g/mol. The second kappa shape index (κ2) is 4.58. The summed E-state index contributed by atoms with van der Waals surface area (Å²) in [4.78, 5) is 14.0. The highest BCUT2D eigenvalue weighted by molar-refractivity contribution is 5.78. The number of carbonyl (C=O) groups excluding carboxylic acids is 1. The maximum Gasteiger partial charge on any atom is 0.236 e. The summed E-state index contributed by atoms with van der Waals surface area (Å²) in [5, 5.41) is 3.28. The van der Waals surface area contributed by atoms with E-state index < -0.39 is 0 Å². The van der Waals surface area contributed by atoms with Gasteiger partial charge in [-0.05, 0) is 38.1 Å². The van der Waals surface area contributed by atoms with E-state index in [2.05, 4.69) is 5.32 Å². The molecule has 0 bridgehead atoms. The van der Waals surface area contributed by atoms with Gasteiger partial charge in [0.2, 0.25) is 5.91 Å². The van der Waals surface area contributed by atoms with E-state index in [0.717, 1.165) is 51.6 Å². The molecule has 0 aromatic carbocycles. The summed E-state index contributed by atoms with van der Waals surface area (Å²) in [5.74, 6) is 1.12. The fourth-order valence-electron chi connectivity index (χ4n) is 2.94. The van der Waals surface area contributed by atoms with Gasteiger partial charge in [-0.1, -0.05) is 0 Å². The van der Waals surface area contributed by atoms with Gasteiger partial charge in [0.05, 0.1) is 13.2 Å². The average molecular weight is 238 g/mol. The van der Waals surface area contributed by atoms with Gasteiger partial charge in [-0.25, -0.2) is 0 Å². The van der Waals surface area contributed by atoms with Gasteiger partial charge in [0.25, 0.3) is 0 Å². The summed E-state index contributed by atoms with van der Waals surface area (Å²) in [6, 6.07) is 0. The molecule has 4 heteroatoms. The Bertz CT molecular complexity index is 296. The van der Waals surface area contributed by atoms with E-state index in [1.807, 2.05) is 4.90 Å². The van der Waals surface area contributed by atoms with Crippen molar-refractivity contribution in [2.45, 2.75) is 25.7 Å². The van der Waals surface area contributed by atoms with E-state index in [9.17, 15) is 4.79 Å². The first kappa shape index (κ1) is 11.5. The quantitative estimate of drug-likeness (QED) is 0.781. The lowest BCUT2D eigenvalue weighted by atomic mass is 9.87. The molecule has 0 aromatic rings. The van der Waals surface area contributed by atoms with Crippen LogP contribution in [0.4, 0.5) is 0 Å². The van der Waals surface area contributed by atoms with Crippen LogP contribution in [0.25, 0.3) is 0 Å². The number of ether oxygens (including phenoxy) is 1. The SMILES string of the molecule is O=C(CNCC1CC1)N1CCC2(CCOC2)C1. The smallest absolute Gasteiger partial charge is 0.236 e. The van der Waals surface area contributed by atoms with Crippen molar-refractivity contribution in [2.75, 3.05) is 39.4 Å². The summed E-state index contributed by atoms with van der Waals surface area (Å²) >= 11 is 0. The van der Waals surface area contributed by atoms with Crippen LogP contribution >= 0.6 is 0 Å². The minimum atomic E-state index is 0.273. The molecular weight excluding hydrogens is 216 g/mol. The summed E-state index contributed by atoms with van der Waals surface area (Å²) in [6.07, 6.45) is 4.93. The number of nitrogens with zero attached hydrogens (tertiary/aromatic N) is 1. The van der Waals surface area contributed by atoms with Crippen LogP contribution < -0.4 is 5.32 Å². The van der Waals surface area contributed by atoms with Crippen LogP contribution in [-0.2, 0) is 9.53 Å². The van der Waals surface area contributed by atoms with E-state index in [4.69, 9.17) is 4.74 Å². The van der Waals surface area contributed by atoms with Crippen molar-refractivity contribution in [2.24, 2.45) is 11.3 Å². The number of amides is 1. The number of hydrogen-bond acceptors (Lipinski definition) is 3. The lowest BCUT2D eigenvalue weighted by Crippen LogP contribution is -2.38. The fraction of sp³-hybridized carbons (Fsp3) is 0.923. The Balaban J connectivity index is 1.43. The molecule has 2 aliphatic heterocycles. The topological polar surface area (TPSA) is 41.6 Å². The van der Waals surface area contributed by atoms with E-state index in [1.54, 1.807) is 0 Å². The Hall–Kier alpha value is -0.610. The number of nitrogens with one attached hydrogen (secondary N) is 1. The largest absolute Gasteiger partial charge is 0.381 e. The van der Waals surface area contributed by atoms with Crippen molar-refractivity contribution in [3.63, 3.8) is 0 Å². The molecule has 4 nitrogen and oxygen atoms in total. The number of rotatable bonds is 4. The van der Waals surface area contributed by atoms with Gasteiger partial charge in [0.15, 0.2) is 0 Å². The number of hydrogen-bond donors (Lipinski definition) is 1. The Labute approximate surface area is 103 Å². The minimum Gasteiger partial charge on any atom is -0.381 e. The molecule has 17 heavy (non-hydrogen) atoms. The highest BCUT2D eigenvalue weighted by Crippen LogP contribution is 2.38. The Morgan fingerprint density at radius 1 is 1.41 bits per heavy atom. The lowest BCUT2D eigenvalue weighted by Gasteiger charge is -2.22. The fourth-order valence-corrected chi connectivity index (χ4v) is 2.94. The Morgan fingerprint density at radius 3 is 3.00 bits per heavy atom. The first-order valence-electron chi connectivity index (χ1n) is 6.84. The molecule has 1 saturated carbocycles. The van der Waals surface area contributed by atoms with Gasteiger partial charge in [-0.2, -0.15) is 0 Å². The lowest BCUT2D eigenvalue weighted by molar-refractivity contribution is -0.129. The third-order valence-corrected chi connectivity index (χ3v) is 4.38. The Kier molecular flexibility index (Phi) is 3.09. The van der Waals surface area contributed by atoms with Crippen molar-refractivity contribution < 1.29 is 9.53 Å². The van der Waals surface area contributed by atoms with Crippen LogP contribution in [0.1, 0.15) is 25.7 Å². The van der Waals surface area contributed by atoms with E-state index >= 15 is 0 Å². The second-order valence-electron chi connectivity index (χ2n) is 5.94. The third kappa shape index (κ3) is 2.63. The molecule has 1 amide bonds. The summed E-state index contributed by atoms with van der Waals surface area (Å²) in [6.45, 7) is 5.11. The Morgan fingerprint density at radius 2 is 2.29 bits per heavy atom. The first-order valence-corrected chi connectivity index (χ1v) is 6.84. The second-order valence-corrected chi connectivity index (χ2v) is 5.94. The first-order chi connectivity index (χ1) is 8.27. The maximum absolute atomic E-state index is 12.0. The average Bonchev–Trinajstić information content (AvgIpc) is 2.90. The molecule has 0 aromatic heterocycles. The zero-order chi connectivity index (χ0) is 11.7. The van der Waals surface area contributed by atoms with Gasteiger partial charge in [0.1, 0.15) is 0 Å². The number of likely N-dealkylation sites (tertiary alicyclic amines) is 1. The van der Waals surface area contributed by atoms with Crippen LogP contribution in [0.3, 0.4) is 0 Å². The predicted octanol–water partition coefficient (Wildman–Crippen LogP) is 0.625. The minimum absolute atomic E-state index is 0.273. The third-order valence-electron chi connectivity index (χ3n) is 4.38. The van der Waals surface area contributed by atoms with Crippen molar-refractivity contribution in [3.05, 3.63) is 0 Å². The van der Waals surface area contributed by atoms with Crippen LogP contribution in [0, 0.1) is 11.3 Å². The van der Waals surface area contributed by atoms with Crippen LogP contribution in [0.5, 0.6) is 0 Å². The maximum atomic E-state index is 12.0. The van der Waals surface area contributed by atoms with E-state index in [0.29, 0.717) is 12.0 Å². The molecular formula is C13H22N2O2. The molecule has 1 spiro atoms. The predicted molar refractivity (Wildman–Crippen MR) is 64.7 cm³/mol. The highest BCUT2D eigenvalue weighted by Gasteiger charge is 2.42. The van der Waals surface area contributed by atoms with Gasteiger partial charge in [0, 0.05) is 25.1 Å². The van der Waals surface area contributed by atoms with E-state index in [1.165, 1.54) is 12.8 Å². The van der Waals surface area contributed by atoms with Crippen molar-refractivity contribution >= 4 is 5.91 Å². The zero-order valence-corrected chi connectivity index (χ0v) is 10.4. The molecule has 96 valence electrons. The van der Waals surface area contributed by atoms with Crippen LogP contribution in [-0.4, -0.2) is 50.2 Å². The van der Waals surface area contributed by atoms with Crippen molar-refractivity contribution in [3.8, 4) is 0 Å². The molecule has 1 unspecified atom stereocenters. The molecule has 1 N–H and O–H groups in total. The number of carbonyl (C=O) groups is 1. The van der Waals surface area contributed by atoms with Crippen LogP contribution in [0.15, 0.2) is 0 Å². The zero-order valence-electron chi connectivity index (χ0n) is 10.4. The van der Waals surface area contributed by atoms with Gasteiger partial charge in [-0.15, -0.1) is 0 Å². The summed E-state index contributed by atoms with van der Waals surface area (Å²) in [7, 11) is 0. The van der Waals surface area contributed by atoms with E-state index in [-0.39, 0.29) is 5.91 Å². The molecule has 1 aliphatic carbocycles. The van der Waals surface area contributed by atoms with Gasteiger partial charge < -0.3 is 15.0 Å². The molecule has 0 radical (unpaired) electrons. The molecule has 2 saturated heterocycles. The normalized spacial score (nSPS) is 32.6.